The molecular formula is C17H24F2N2O3. The number of benzene rings is 1. The van der Waals surface area contributed by atoms with Gasteiger partial charge in [0, 0.05) is 30.8 Å². The molecule has 0 saturated heterocycles. The number of nitrogens with one attached hydrogen (secondary N) is 1. The van der Waals surface area contributed by atoms with Gasteiger partial charge in [-0.3, -0.25) is 4.79 Å². The third-order valence-electron chi connectivity index (χ3n) is 2.92. The van der Waals surface area contributed by atoms with E-state index in [0.717, 1.165) is 6.42 Å². The van der Waals surface area contributed by atoms with Gasteiger partial charge in [0.05, 0.1) is 6.61 Å². The van der Waals surface area contributed by atoms with Crippen LogP contribution in [0.3, 0.4) is 0 Å². The van der Waals surface area contributed by atoms with Crippen LogP contribution in [0, 0.1) is 0 Å². The summed E-state index contributed by atoms with van der Waals surface area (Å²) < 4.78 is 35.0. The van der Waals surface area contributed by atoms with Crippen LogP contribution in [0.15, 0.2) is 30.4 Å². The number of rotatable bonds is 10. The van der Waals surface area contributed by atoms with E-state index in [1.807, 2.05) is 25.9 Å². The standard InChI is InChI=1S/C17H24F2N2O3/c1-4-10-23-14-8-7-13(15(11-14)24-17(18)19)12-20-16(22)6-5-9-21(2)3/h5-8,11,17H,4,9-10,12H2,1-3H3,(H,20,22)/b6-5+. The number of alkyl halides is 2. The Morgan fingerprint density at radius 3 is 2.75 bits per heavy atom. The molecule has 0 aliphatic rings. The predicted molar refractivity (Wildman–Crippen MR) is 88.4 cm³/mol. The van der Waals surface area contributed by atoms with Crippen LogP contribution in [0.2, 0.25) is 0 Å². The molecule has 0 atom stereocenters. The van der Waals surface area contributed by atoms with E-state index in [1.165, 1.54) is 12.1 Å². The lowest BCUT2D eigenvalue weighted by Crippen LogP contribution is -2.21. The molecule has 1 aromatic carbocycles. The molecule has 1 rings (SSSR count). The molecule has 1 amide bonds. The van der Waals surface area contributed by atoms with Crippen LogP contribution in [0.1, 0.15) is 18.9 Å². The van der Waals surface area contributed by atoms with E-state index in [-0.39, 0.29) is 18.2 Å². The molecule has 0 fully saturated rings. The number of amides is 1. The van der Waals surface area contributed by atoms with Crippen LogP contribution in [-0.2, 0) is 11.3 Å². The Morgan fingerprint density at radius 2 is 2.12 bits per heavy atom. The van der Waals surface area contributed by atoms with Crippen molar-refractivity contribution in [3.8, 4) is 11.5 Å². The van der Waals surface area contributed by atoms with Crippen molar-refractivity contribution >= 4 is 5.91 Å². The van der Waals surface area contributed by atoms with Gasteiger partial charge in [-0.05, 0) is 32.6 Å². The third kappa shape index (κ3) is 7.92. The lowest BCUT2D eigenvalue weighted by Gasteiger charge is -2.13. The molecule has 5 nitrogen and oxygen atoms in total. The highest BCUT2D eigenvalue weighted by Crippen LogP contribution is 2.26. The highest BCUT2D eigenvalue weighted by atomic mass is 19.3. The number of carbonyl (C=O) groups is 1. The van der Waals surface area contributed by atoms with Crippen molar-refractivity contribution in [1.29, 1.82) is 0 Å². The number of likely N-dealkylation sites (N-methyl/N-ethyl adjacent to an activating group) is 1. The second kappa shape index (κ2) is 10.6. The molecule has 7 heteroatoms. The number of ether oxygens (including phenoxy) is 2. The molecule has 0 aliphatic heterocycles. The van der Waals surface area contributed by atoms with Crippen LogP contribution in [-0.4, -0.2) is 44.7 Å². The zero-order valence-corrected chi connectivity index (χ0v) is 14.2. The molecule has 134 valence electrons. The second-order valence-electron chi connectivity index (χ2n) is 5.38. The molecule has 0 aliphatic carbocycles. The zero-order chi connectivity index (χ0) is 17.9. The Morgan fingerprint density at radius 1 is 1.38 bits per heavy atom. The Balaban J connectivity index is 2.71. The van der Waals surface area contributed by atoms with Gasteiger partial charge in [-0.2, -0.15) is 8.78 Å². The number of halogens is 2. The van der Waals surface area contributed by atoms with E-state index in [1.54, 1.807) is 18.2 Å². The first-order valence-corrected chi connectivity index (χ1v) is 7.72. The van der Waals surface area contributed by atoms with Gasteiger partial charge in [0.15, 0.2) is 0 Å². The van der Waals surface area contributed by atoms with Crippen LogP contribution in [0.4, 0.5) is 8.78 Å². The Bertz CT molecular complexity index is 549. The fraction of sp³-hybridized carbons (Fsp3) is 0.471. The van der Waals surface area contributed by atoms with Gasteiger partial charge in [-0.1, -0.05) is 13.0 Å². The van der Waals surface area contributed by atoms with E-state index >= 15 is 0 Å². The van der Waals surface area contributed by atoms with Crippen molar-refractivity contribution in [2.24, 2.45) is 0 Å². The molecule has 0 aromatic heterocycles. The molecule has 0 radical (unpaired) electrons. The number of carbonyl (C=O) groups excluding carboxylic acids is 1. The molecule has 24 heavy (non-hydrogen) atoms. The molecule has 0 unspecified atom stereocenters. The first-order chi connectivity index (χ1) is 11.4. The minimum absolute atomic E-state index is 0.00354. The highest BCUT2D eigenvalue weighted by Gasteiger charge is 2.12. The molecule has 0 spiro atoms. The smallest absolute Gasteiger partial charge is 0.387 e. The number of hydrogen-bond acceptors (Lipinski definition) is 4. The van der Waals surface area contributed by atoms with E-state index in [4.69, 9.17) is 4.74 Å². The van der Waals surface area contributed by atoms with Crippen LogP contribution >= 0.6 is 0 Å². The molecule has 1 N–H and O–H groups in total. The summed E-state index contributed by atoms with van der Waals surface area (Å²) >= 11 is 0. The van der Waals surface area contributed by atoms with E-state index in [0.29, 0.717) is 24.5 Å². The number of nitrogens with zero attached hydrogens (tertiary/aromatic N) is 1. The van der Waals surface area contributed by atoms with Crippen molar-refractivity contribution < 1.29 is 23.0 Å². The van der Waals surface area contributed by atoms with Crippen molar-refractivity contribution in [3.05, 3.63) is 35.9 Å². The summed E-state index contributed by atoms with van der Waals surface area (Å²) in [5, 5.41) is 2.64. The van der Waals surface area contributed by atoms with Gasteiger partial charge in [0.2, 0.25) is 5.91 Å². The number of hydrogen-bond donors (Lipinski definition) is 1. The monoisotopic (exact) mass is 342 g/mol. The molecule has 0 saturated carbocycles. The topological polar surface area (TPSA) is 50.8 Å². The Hall–Kier alpha value is -2.15. The summed E-state index contributed by atoms with van der Waals surface area (Å²) in [4.78, 5) is 13.6. The third-order valence-corrected chi connectivity index (χ3v) is 2.92. The summed E-state index contributed by atoms with van der Waals surface area (Å²) in [6, 6.07) is 4.68. The first-order valence-electron chi connectivity index (χ1n) is 7.72. The quantitative estimate of drug-likeness (QED) is 0.665. The largest absolute Gasteiger partial charge is 0.493 e. The zero-order valence-electron chi connectivity index (χ0n) is 14.2. The lowest BCUT2D eigenvalue weighted by molar-refractivity contribution is -0.116. The molecular weight excluding hydrogens is 318 g/mol. The Kier molecular flexibility index (Phi) is 8.78. The first kappa shape index (κ1) is 19.9. The average molecular weight is 342 g/mol. The van der Waals surface area contributed by atoms with Crippen molar-refractivity contribution in [3.63, 3.8) is 0 Å². The minimum atomic E-state index is -2.94. The fourth-order valence-electron chi connectivity index (χ4n) is 1.81. The summed E-state index contributed by atoms with van der Waals surface area (Å²) in [6.07, 6.45) is 3.93. The molecule has 1 aromatic rings. The van der Waals surface area contributed by atoms with E-state index in [2.05, 4.69) is 10.1 Å². The minimum Gasteiger partial charge on any atom is -0.493 e. The predicted octanol–water partition coefficient (Wildman–Crippen LogP) is 2.81. The molecule has 0 heterocycles. The van der Waals surface area contributed by atoms with Crippen molar-refractivity contribution in [1.82, 2.24) is 10.2 Å². The van der Waals surface area contributed by atoms with Gasteiger partial charge in [-0.15, -0.1) is 0 Å². The summed E-state index contributed by atoms with van der Waals surface area (Å²) in [5.74, 6) is 0.149. The average Bonchev–Trinajstić information content (AvgIpc) is 2.51. The fourth-order valence-corrected chi connectivity index (χ4v) is 1.81. The highest BCUT2D eigenvalue weighted by molar-refractivity contribution is 5.87. The molecule has 0 bridgehead atoms. The van der Waals surface area contributed by atoms with Gasteiger partial charge in [0.25, 0.3) is 0 Å². The van der Waals surface area contributed by atoms with E-state index in [9.17, 15) is 13.6 Å². The SMILES string of the molecule is CCCOc1ccc(CNC(=O)/C=C/CN(C)C)c(OC(F)F)c1. The van der Waals surface area contributed by atoms with E-state index < -0.39 is 6.61 Å². The maximum absolute atomic E-state index is 12.6. The van der Waals surface area contributed by atoms with Gasteiger partial charge < -0.3 is 19.7 Å². The summed E-state index contributed by atoms with van der Waals surface area (Å²) in [7, 11) is 3.77. The van der Waals surface area contributed by atoms with Crippen molar-refractivity contribution in [2.75, 3.05) is 27.2 Å². The van der Waals surface area contributed by atoms with Crippen LogP contribution in [0.25, 0.3) is 0 Å². The van der Waals surface area contributed by atoms with Crippen LogP contribution in [0.5, 0.6) is 11.5 Å². The van der Waals surface area contributed by atoms with Gasteiger partial charge in [0.1, 0.15) is 11.5 Å². The second-order valence-corrected chi connectivity index (χ2v) is 5.38. The maximum atomic E-state index is 12.6. The summed E-state index contributed by atoms with van der Waals surface area (Å²) in [6.45, 7) is 0.212. The normalized spacial score (nSPS) is 11.3. The van der Waals surface area contributed by atoms with Gasteiger partial charge in [-0.25, -0.2) is 0 Å². The Labute approximate surface area is 141 Å². The van der Waals surface area contributed by atoms with Gasteiger partial charge >= 0.3 is 6.61 Å². The maximum Gasteiger partial charge on any atom is 0.387 e. The lowest BCUT2D eigenvalue weighted by atomic mass is 10.2. The summed E-state index contributed by atoms with van der Waals surface area (Å²) in [5.41, 5.74) is 0.452. The van der Waals surface area contributed by atoms with Crippen LogP contribution < -0.4 is 14.8 Å². The van der Waals surface area contributed by atoms with Crippen molar-refractivity contribution in [2.45, 2.75) is 26.5 Å².